The van der Waals surface area contributed by atoms with Crippen molar-refractivity contribution in [3.63, 3.8) is 0 Å². The first-order chi connectivity index (χ1) is 12.2. The maximum Gasteiger partial charge on any atom is 0.234 e. The van der Waals surface area contributed by atoms with Gasteiger partial charge in [0.1, 0.15) is 5.75 Å². The van der Waals surface area contributed by atoms with E-state index in [0.717, 1.165) is 49.5 Å². The first kappa shape index (κ1) is 16.7. The van der Waals surface area contributed by atoms with Crippen LogP contribution < -0.4 is 15.0 Å². The molecule has 25 heavy (non-hydrogen) atoms. The molecule has 1 aromatic carbocycles. The standard InChI is InChI=1S/C20H29N3O2/c1-25-18-5-3-2-4-17(18)23-12-10-22(11-13-23)14-19(24)21-20(15-6-7-15)16-8-9-16/h2-5,15-16,20H,6-14H2,1H3,(H,21,24). The number of anilines is 1. The first-order valence-corrected chi connectivity index (χ1v) is 9.64. The van der Waals surface area contributed by atoms with Crippen LogP contribution in [-0.2, 0) is 4.79 Å². The van der Waals surface area contributed by atoms with E-state index in [-0.39, 0.29) is 5.91 Å². The summed E-state index contributed by atoms with van der Waals surface area (Å²) in [6.45, 7) is 4.24. The van der Waals surface area contributed by atoms with Crippen molar-refractivity contribution in [1.82, 2.24) is 10.2 Å². The molecule has 0 aromatic heterocycles. The van der Waals surface area contributed by atoms with E-state index in [1.807, 2.05) is 18.2 Å². The fourth-order valence-electron chi connectivity index (χ4n) is 4.00. The monoisotopic (exact) mass is 343 g/mol. The number of nitrogens with one attached hydrogen (secondary N) is 1. The second kappa shape index (κ2) is 7.24. The summed E-state index contributed by atoms with van der Waals surface area (Å²) >= 11 is 0. The number of para-hydroxylation sites is 2. The third kappa shape index (κ3) is 4.09. The smallest absolute Gasteiger partial charge is 0.234 e. The van der Waals surface area contributed by atoms with Gasteiger partial charge in [0.2, 0.25) is 5.91 Å². The molecule has 1 heterocycles. The minimum atomic E-state index is 0.217. The lowest BCUT2D eigenvalue weighted by Gasteiger charge is -2.36. The van der Waals surface area contributed by atoms with E-state index < -0.39 is 0 Å². The molecule has 3 aliphatic rings. The van der Waals surface area contributed by atoms with Gasteiger partial charge in [0.25, 0.3) is 0 Å². The first-order valence-electron chi connectivity index (χ1n) is 9.64. The lowest BCUT2D eigenvalue weighted by molar-refractivity contribution is -0.123. The summed E-state index contributed by atoms with van der Waals surface area (Å²) in [6.07, 6.45) is 5.22. The molecule has 136 valence electrons. The van der Waals surface area contributed by atoms with Crippen molar-refractivity contribution in [1.29, 1.82) is 0 Å². The average molecular weight is 343 g/mol. The Balaban J connectivity index is 1.26. The van der Waals surface area contributed by atoms with Crippen LogP contribution in [0.5, 0.6) is 5.75 Å². The van der Waals surface area contributed by atoms with Crippen LogP contribution in [-0.4, -0.2) is 56.7 Å². The Labute approximate surface area is 150 Å². The Morgan fingerprint density at radius 2 is 1.76 bits per heavy atom. The predicted octanol–water partition coefficient (Wildman–Crippen LogP) is 2.12. The predicted molar refractivity (Wildman–Crippen MR) is 99.0 cm³/mol. The molecule has 2 aliphatic carbocycles. The van der Waals surface area contributed by atoms with Crippen LogP contribution in [0.25, 0.3) is 0 Å². The van der Waals surface area contributed by atoms with Gasteiger partial charge in [0, 0.05) is 32.2 Å². The van der Waals surface area contributed by atoms with Crippen LogP contribution in [0.15, 0.2) is 24.3 Å². The molecule has 5 nitrogen and oxygen atoms in total. The molecule has 0 radical (unpaired) electrons. The van der Waals surface area contributed by atoms with Gasteiger partial charge in [0.05, 0.1) is 19.3 Å². The van der Waals surface area contributed by atoms with Gasteiger partial charge in [0.15, 0.2) is 0 Å². The van der Waals surface area contributed by atoms with Gasteiger partial charge in [-0.25, -0.2) is 0 Å². The van der Waals surface area contributed by atoms with Crippen molar-refractivity contribution < 1.29 is 9.53 Å². The SMILES string of the molecule is COc1ccccc1N1CCN(CC(=O)NC(C2CC2)C2CC2)CC1. The highest BCUT2D eigenvalue weighted by molar-refractivity contribution is 5.78. The van der Waals surface area contributed by atoms with E-state index in [1.54, 1.807) is 7.11 Å². The molecule has 1 aromatic rings. The van der Waals surface area contributed by atoms with Crippen molar-refractivity contribution >= 4 is 11.6 Å². The van der Waals surface area contributed by atoms with Gasteiger partial charge in [-0.2, -0.15) is 0 Å². The van der Waals surface area contributed by atoms with E-state index in [0.29, 0.717) is 12.6 Å². The van der Waals surface area contributed by atoms with Crippen LogP contribution >= 0.6 is 0 Å². The number of benzene rings is 1. The van der Waals surface area contributed by atoms with Gasteiger partial charge in [-0.15, -0.1) is 0 Å². The molecule has 1 aliphatic heterocycles. The molecule has 5 heteroatoms. The van der Waals surface area contributed by atoms with E-state index >= 15 is 0 Å². The van der Waals surface area contributed by atoms with Crippen molar-refractivity contribution in [2.45, 2.75) is 31.7 Å². The summed E-state index contributed by atoms with van der Waals surface area (Å²) in [5.74, 6) is 2.66. The third-order valence-electron chi connectivity index (χ3n) is 5.75. The largest absolute Gasteiger partial charge is 0.495 e. The number of piperazine rings is 1. The zero-order chi connectivity index (χ0) is 17.2. The molecule has 4 rings (SSSR count). The Bertz CT molecular complexity index is 593. The van der Waals surface area contributed by atoms with E-state index in [9.17, 15) is 4.79 Å². The van der Waals surface area contributed by atoms with Crippen molar-refractivity contribution in [3.05, 3.63) is 24.3 Å². The van der Waals surface area contributed by atoms with Crippen LogP contribution in [0.4, 0.5) is 5.69 Å². The van der Waals surface area contributed by atoms with E-state index in [2.05, 4.69) is 21.2 Å². The van der Waals surface area contributed by atoms with Gasteiger partial charge in [-0.1, -0.05) is 12.1 Å². The number of hydrogen-bond donors (Lipinski definition) is 1. The molecule has 0 bridgehead atoms. The van der Waals surface area contributed by atoms with Crippen molar-refractivity contribution in [2.24, 2.45) is 11.8 Å². The summed E-state index contributed by atoms with van der Waals surface area (Å²) < 4.78 is 5.47. The minimum Gasteiger partial charge on any atom is -0.495 e. The maximum absolute atomic E-state index is 12.5. The third-order valence-corrected chi connectivity index (χ3v) is 5.75. The van der Waals surface area contributed by atoms with Crippen LogP contribution in [0, 0.1) is 11.8 Å². The highest BCUT2D eigenvalue weighted by Gasteiger charge is 2.42. The Kier molecular flexibility index (Phi) is 4.84. The molecule has 2 saturated carbocycles. The molecule has 0 spiro atoms. The topological polar surface area (TPSA) is 44.8 Å². The van der Waals surface area contributed by atoms with E-state index in [1.165, 1.54) is 25.7 Å². The van der Waals surface area contributed by atoms with Gasteiger partial charge >= 0.3 is 0 Å². The summed E-state index contributed by atoms with van der Waals surface area (Å²) in [6, 6.07) is 8.62. The molecule has 1 amide bonds. The molecular weight excluding hydrogens is 314 g/mol. The highest BCUT2D eigenvalue weighted by Crippen LogP contribution is 2.44. The molecule has 1 saturated heterocycles. The average Bonchev–Trinajstić information content (AvgIpc) is 3.54. The Morgan fingerprint density at radius 1 is 1.12 bits per heavy atom. The highest BCUT2D eigenvalue weighted by atomic mass is 16.5. The number of methoxy groups -OCH3 is 1. The zero-order valence-corrected chi connectivity index (χ0v) is 15.1. The number of rotatable bonds is 7. The number of nitrogens with zero attached hydrogens (tertiary/aromatic N) is 2. The Hall–Kier alpha value is -1.75. The maximum atomic E-state index is 12.5. The summed E-state index contributed by atoms with van der Waals surface area (Å²) in [7, 11) is 1.72. The van der Waals surface area contributed by atoms with Crippen LogP contribution in [0.1, 0.15) is 25.7 Å². The molecule has 1 N–H and O–H groups in total. The number of amides is 1. The summed E-state index contributed by atoms with van der Waals surface area (Å²) in [5, 5.41) is 3.34. The van der Waals surface area contributed by atoms with Crippen LogP contribution in [0.3, 0.4) is 0 Å². The van der Waals surface area contributed by atoms with Crippen molar-refractivity contribution in [2.75, 3.05) is 44.7 Å². The molecule has 3 fully saturated rings. The van der Waals surface area contributed by atoms with Crippen molar-refractivity contribution in [3.8, 4) is 5.75 Å². The summed E-state index contributed by atoms with van der Waals surface area (Å²) in [5.41, 5.74) is 1.15. The Morgan fingerprint density at radius 3 is 2.36 bits per heavy atom. The number of ether oxygens (including phenoxy) is 1. The van der Waals surface area contributed by atoms with E-state index in [4.69, 9.17) is 4.74 Å². The normalized spacial score (nSPS) is 21.4. The van der Waals surface area contributed by atoms with Gasteiger partial charge in [-0.05, 0) is 49.7 Å². The lowest BCUT2D eigenvalue weighted by atomic mass is 10.1. The number of carbonyl (C=O) groups is 1. The second-order valence-corrected chi connectivity index (χ2v) is 7.70. The quantitative estimate of drug-likeness (QED) is 0.824. The fourth-order valence-corrected chi connectivity index (χ4v) is 4.00. The minimum absolute atomic E-state index is 0.217. The fraction of sp³-hybridized carbons (Fsp3) is 0.650. The lowest BCUT2D eigenvalue weighted by Crippen LogP contribution is -2.51. The molecular formula is C20H29N3O2. The zero-order valence-electron chi connectivity index (χ0n) is 15.1. The van der Waals surface area contributed by atoms with Gasteiger partial charge < -0.3 is 15.0 Å². The number of hydrogen-bond acceptors (Lipinski definition) is 4. The van der Waals surface area contributed by atoms with Gasteiger partial charge in [-0.3, -0.25) is 9.69 Å². The van der Waals surface area contributed by atoms with Crippen LogP contribution in [0.2, 0.25) is 0 Å². The summed E-state index contributed by atoms with van der Waals surface area (Å²) in [4.78, 5) is 17.1. The molecule has 0 unspecified atom stereocenters. The number of carbonyl (C=O) groups excluding carboxylic acids is 1. The second-order valence-electron chi connectivity index (χ2n) is 7.70. The molecule has 0 atom stereocenters.